The van der Waals surface area contributed by atoms with Crippen molar-refractivity contribution in [3.05, 3.63) is 0 Å². The van der Waals surface area contributed by atoms with Gasteiger partial charge in [-0.1, -0.05) is 31.8 Å². The fraction of sp³-hybridized carbons (Fsp3) is 0.947. The van der Waals surface area contributed by atoms with Crippen LogP contribution in [0.25, 0.3) is 0 Å². The van der Waals surface area contributed by atoms with E-state index in [-0.39, 0.29) is 11.5 Å². The third-order valence-electron chi connectivity index (χ3n) is 8.38. The Kier molecular flexibility index (Phi) is 3.38. The molecule has 2 N–H and O–H groups in total. The number of aliphatic hydroxyl groups excluding tert-OH is 1. The summed E-state index contributed by atoms with van der Waals surface area (Å²) in [6, 6.07) is 0. The van der Waals surface area contributed by atoms with Gasteiger partial charge < -0.3 is 10.3 Å². The Bertz CT molecular complexity index is 490. The molecule has 0 saturated heterocycles. The third kappa shape index (κ3) is 1.81. The molecule has 0 aromatic carbocycles. The molecule has 4 aliphatic rings. The maximum absolute atomic E-state index is 11.1. The first-order valence-electron chi connectivity index (χ1n) is 9.40. The maximum atomic E-state index is 11.1. The second-order valence-corrected chi connectivity index (χ2v) is 9.10. The molecule has 7 atom stereocenters. The minimum atomic E-state index is -0.216. The molecule has 3 heteroatoms. The Labute approximate surface area is 134 Å². The highest BCUT2D eigenvalue weighted by atomic mass is 16.4. The van der Waals surface area contributed by atoms with Gasteiger partial charge in [-0.15, -0.1) is 0 Å². The zero-order chi connectivity index (χ0) is 15.5. The van der Waals surface area contributed by atoms with Gasteiger partial charge in [0.2, 0.25) is 0 Å². The van der Waals surface area contributed by atoms with Gasteiger partial charge in [-0.3, -0.25) is 0 Å². The minimum Gasteiger partial charge on any atom is -0.411 e. The second kappa shape index (κ2) is 4.96. The molecule has 0 radical (unpaired) electrons. The first-order chi connectivity index (χ1) is 10.5. The van der Waals surface area contributed by atoms with Gasteiger partial charge in [0.25, 0.3) is 0 Å². The van der Waals surface area contributed by atoms with E-state index in [1.54, 1.807) is 0 Å². The standard InChI is InChI=1S/C19H31NO2/c1-18-10-4-3-5-12(18)6-7-13-14-8-9-16(20-22)19(14,2)11-15(21)17(13)18/h12-15,17,21-22H,3-11H2,1-2H3/t12-,13+,14+,15+,17-,18+,19+/m1/s1. The smallest absolute Gasteiger partial charge is 0.0633 e. The monoisotopic (exact) mass is 305 g/mol. The van der Waals surface area contributed by atoms with Crippen LogP contribution in [0.2, 0.25) is 0 Å². The van der Waals surface area contributed by atoms with E-state index in [4.69, 9.17) is 0 Å². The van der Waals surface area contributed by atoms with Gasteiger partial charge in [-0.05, 0) is 74.0 Å². The molecule has 0 bridgehead atoms. The Morgan fingerprint density at radius 1 is 1.09 bits per heavy atom. The molecule has 0 aromatic heterocycles. The van der Waals surface area contributed by atoms with Crippen molar-refractivity contribution in [3.63, 3.8) is 0 Å². The predicted molar refractivity (Wildman–Crippen MR) is 87.0 cm³/mol. The third-order valence-corrected chi connectivity index (χ3v) is 8.38. The summed E-state index contributed by atoms with van der Waals surface area (Å²) in [6.45, 7) is 4.73. The van der Waals surface area contributed by atoms with Gasteiger partial charge in [-0.2, -0.15) is 0 Å². The van der Waals surface area contributed by atoms with Crippen LogP contribution < -0.4 is 0 Å². The summed E-state index contributed by atoms with van der Waals surface area (Å²) in [5.41, 5.74) is 1.24. The summed E-state index contributed by atoms with van der Waals surface area (Å²) < 4.78 is 0. The molecular formula is C19H31NO2. The molecule has 4 aliphatic carbocycles. The van der Waals surface area contributed by atoms with Crippen LogP contribution in [0.1, 0.15) is 71.6 Å². The SMILES string of the molecule is C[C@]12CCCC[C@@H]1CC[C@@H]1[C@@H]2[C@@H](O)C[C@]2(C)C(=NO)CC[C@@H]12. The summed E-state index contributed by atoms with van der Waals surface area (Å²) in [6.07, 6.45) is 10.7. The van der Waals surface area contributed by atoms with Gasteiger partial charge in [0, 0.05) is 5.41 Å². The number of hydrogen-bond acceptors (Lipinski definition) is 3. The normalized spacial score (nSPS) is 56.3. The van der Waals surface area contributed by atoms with Crippen LogP contribution in [0, 0.1) is 34.5 Å². The first kappa shape index (κ1) is 15.0. The van der Waals surface area contributed by atoms with Gasteiger partial charge in [-0.25, -0.2) is 0 Å². The van der Waals surface area contributed by atoms with Crippen LogP contribution >= 0.6 is 0 Å². The van der Waals surface area contributed by atoms with E-state index in [1.807, 2.05) is 0 Å². The van der Waals surface area contributed by atoms with Crippen molar-refractivity contribution < 1.29 is 10.3 Å². The summed E-state index contributed by atoms with van der Waals surface area (Å²) in [4.78, 5) is 0. The molecule has 0 aliphatic heterocycles. The van der Waals surface area contributed by atoms with Crippen LogP contribution in [-0.2, 0) is 0 Å². The predicted octanol–water partition coefficient (Wildman–Crippen LogP) is 4.22. The van der Waals surface area contributed by atoms with E-state index in [0.717, 1.165) is 30.9 Å². The fourth-order valence-corrected chi connectivity index (χ4v) is 7.37. The lowest BCUT2D eigenvalue weighted by atomic mass is 9.44. The lowest BCUT2D eigenvalue weighted by Crippen LogP contribution is -2.58. The maximum Gasteiger partial charge on any atom is 0.0633 e. The molecule has 0 unspecified atom stereocenters. The Hall–Kier alpha value is -0.570. The Morgan fingerprint density at radius 2 is 1.91 bits per heavy atom. The average molecular weight is 305 g/mol. The molecule has 3 nitrogen and oxygen atoms in total. The van der Waals surface area contributed by atoms with Crippen molar-refractivity contribution in [2.75, 3.05) is 0 Å². The van der Waals surface area contributed by atoms with Crippen molar-refractivity contribution in [2.45, 2.75) is 77.7 Å². The molecule has 4 saturated carbocycles. The van der Waals surface area contributed by atoms with Crippen molar-refractivity contribution in [1.82, 2.24) is 0 Å². The van der Waals surface area contributed by atoms with Gasteiger partial charge in [0.1, 0.15) is 0 Å². The number of rotatable bonds is 0. The minimum absolute atomic E-state index is 0.0623. The quantitative estimate of drug-likeness (QED) is 0.520. The molecule has 0 spiro atoms. The second-order valence-electron chi connectivity index (χ2n) is 9.10. The molecule has 4 fully saturated rings. The lowest BCUT2D eigenvalue weighted by Gasteiger charge is -2.61. The van der Waals surface area contributed by atoms with E-state index in [9.17, 15) is 10.3 Å². The van der Waals surface area contributed by atoms with Crippen molar-refractivity contribution in [1.29, 1.82) is 0 Å². The Morgan fingerprint density at radius 3 is 2.68 bits per heavy atom. The van der Waals surface area contributed by atoms with E-state index < -0.39 is 0 Å². The highest BCUT2D eigenvalue weighted by Crippen LogP contribution is 2.65. The number of aliphatic hydroxyl groups is 1. The van der Waals surface area contributed by atoms with Gasteiger partial charge in [0.15, 0.2) is 0 Å². The summed E-state index contributed by atoms with van der Waals surface area (Å²) >= 11 is 0. The molecule has 22 heavy (non-hydrogen) atoms. The summed E-state index contributed by atoms with van der Waals surface area (Å²) in [5, 5.41) is 24.1. The first-order valence-corrected chi connectivity index (χ1v) is 9.40. The van der Waals surface area contributed by atoms with Crippen molar-refractivity contribution in [2.24, 2.45) is 39.7 Å². The number of hydrogen-bond donors (Lipinski definition) is 2. The fourth-order valence-electron chi connectivity index (χ4n) is 7.37. The van der Waals surface area contributed by atoms with E-state index in [2.05, 4.69) is 19.0 Å². The average Bonchev–Trinajstić information content (AvgIpc) is 2.82. The van der Waals surface area contributed by atoms with Crippen LogP contribution in [0.5, 0.6) is 0 Å². The zero-order valence-electron chi connectivity index (χ0n) is 14.1. The number of fused-ring (bicyclic) bond motifs is 5. The van der Waals surface area contributed by atoms with Crippen molar-refractivity contribution in [3.8, 4) is 0 Å². The van der Waals surface area contributed by atoms with Crippen LogP contribution in [0.3, 0.4) is 0 Å². The topological polar surface area (TPSA) is 52.8 Å². The van der Waals surface area contributed by atoms with Crippen LogP contribution in [0.4, 0.5) is 0 Å². The number of oxime groups is 1. The highest BCUT2D eigenvalue weighted by molar-refractivity contribution is 5.92. The zero-order valence-corrected chi connectivity index (χ0v) is 14.1. The van der Waals surface area contributed by atoms with E-state index in [0.29, 0.717) is 23.2 Å². The summed E-state index contributed by atoms with van der Waals surface area (Å²) in [5.74, 6) is 2.55. The molecule has 4 rings (SSSR count). The van der Waals surface area contributed by atoms with Gasteiger partial charge in [0.05, 0.1) is 11.8 Å². The largest absolute Gasteiger partial charge is 0.411 e. The van der Waals surface area contributed by atoms with Crippen LogP contribution in [0.15, 0.2) is 5.16 Å². The lowest BCUT2D eigenvalue weighted by molar-refractivity contribution is -0.153. The summed E-state index contributed by atoms with van der Waals surface area (Å²) in [7, 11) is 0. The number of nitrogens with zero attached hydrogens (tertiary/aromatic N) is 1. The van der Waals surface area contributed by atoms with E-state index >= 15 is 0 Å². The molecule has 0 amide bonds. The van der Waals surface area contributed by atoms with Crippen LogP contribution in [-0.4, -0.2) is 22.1 Å². The molecule has 124 valence electrons. The molecule has 0 heterocycles. The van der Waals surface area contributed by atoms with E-state index in [1.165, 1.54) is 38.5 Å². The Balaban J connectivity index is 1.71. The van der Waals surface area contributed by atoms with Crippen molar-refractivity contribution >= 4 is 5.71 Å². The van der Waals surface area contributed by atoms with Gasteiger partial charge >= 0.3 is 0 Å². The molecular weight excluding hydrogens is 274 g/mol. The highest BCUT2D eigenvalue weighted by Gasteiger charge is 2.62. The molecule has 0 aromatic rings.